The maximum atomic E-state index is 13.0. The van der Waals surface area contributed by atoms with Gasteiger partial charge in [0.1, 0.15) is 11.9 Å². The molecule has 5 heteroatoms. The van der Waals surface area contributed by atoms with Gasteiger partial charge in [-0.1, -0.05) is 54.1 Å². The Kier molecular flexibility index (Phi) is 5.84. The second-order valence-electron chi connectivity index (χ2n) is 7.09. The maximum Gasteiger partial charge on any atom is 0.255 e. The summed E-state index contributed by atoms with van der Waals surface area (Å²) < 4.78 is 5.22. The number of hydrogen-bond donors (Lipinski definition) is 1. The lowest BCUT2D eigenvalue weighted by molar-refractivity contribution is 0.0696. The minimum atomic E-state index is -0.145. The average molecular weight is 407 g/mol. The van der Waals surface area contributed by atoms with Crippen LogP contribution in [0.5, 0.6) is 5.75 Å². The van der Waals surface area contributed by atoms with E-state index in [1.54, 1.807) is 7.11 Å². The number of ether oxygens (including phenoxy) is 1. The van der Waals surface area contributed by atoms with Gasteiger partial charge in [0.2, 0.25) is 0 Å². The SMILES string of the molecule is COc1ccc(CN[C@@H]2c3ccccc3C(=O)N2CCc2ccc(Cl)cc2)cc1. The molecule has 1 aliphatic heterocycles. The van der Waals surface area contributed by atoms with Gasteiger partial charge in [-0.05, 0) is 47.9 Å². The number of fused-ring (bicyclic) bond motifs is 1. The molecule has 3 aromatic carbocycles. The van der Waals surface area contributed by atoms with Crippen molar-refractivity contribution in [1.82, 2.24) is 10.2 Å². The van der Waals surface area contributed by atoms with Crippen LogP contribution in [-0.2, 0) is 13.0 Å². The zero-order chi connectivity index (χ0) is 20.2. The first-order chi connectivity index (χ1) is 14.2. The van der Waals surface area contributed by atoms with Crippen LogP contribution in [0.2, 0.25) is 5.02 Å². The first-order valence-corrected chi connectivity index (χ1v) is 10.0. The fraction of sp³-hybridized carbons (Fsp3) is 0.208. The number of carbonyl (C=O) groups is 1. The van der Waals surface area contributed by atoms with E-state index in [1.807, 2.05) is 77.7 Å². The second-order valence-corrected chi connectivity index (χ2v) is 7.53. The van der Waals surface area contributed by atoms with Crippen LogP contribution in [0.1, 0.15) is 33.2 Å². The first-order valence-electron chi connectivity index (χ1n) is 9.66. The molecule has 0 radical (unpaired) electrons. The predicted octanol–water partition coefficient (Wildman–Crippen LogP) is 4.84. The van der Waals surface area contributed by atoms with Gasteiger partial charge in [0.15, 0.2) is 0 Å². The normalized spacial score (nSPS) is 15.4. The molecule has 148 valence electrons. The number of hydrogen-bond acceptors (Lipinski definition) is 3. The molecule has 4 rings (SSSR count). The van der Waals surface area contributed by atoms with Crippen molar-refractivity contribution < 1.29 is 9.53 Å². The van der Waals surface area contributed by atoms with E-state index in [-0.39, 0.29) is 12.1 Å². The smallest absolute Gasteiger partial charge is 0.255 e. The summed E-state index contributed by atoms with van der Waals surface area (Å²) >= 11 is 5.98. The maximum absolute atomic E-state index is 13.0. The Balaban J connectivity index is 1.50. The number of rotatable bonds is 7. The molecule has 0 aromatic heterocycles. The van der Waals surface area contributed by atoms with Gasteiger partial charge in [0.25, 0.3) is 5.91 Å². The van der Waals surface area contributed by atoms with Gasteiger partial charge in [0, 0.05) is 29.2 Å². The van der Waals surface area contributed by atoms with E-state index in [4.69, 9.17) is 16.3 Å². The number of methoxy groups -OCH3 is 1. The molecule has 1 heterocycles. The summed E-state index contributed by atoms with van der Waals surface area (Å²) in [7, 11) is 1.66. The molecule has 0 aliphatic carbocycles. The molecule has 0 fully saturated rings. The molecule has 1 N–H and O–H groups in total. The number of nitrogens with one attached hydrogen (secondary N) is 1. The summed E-state index contributed by atoms with van der Waals surface area (Å²) in [6.07, 6.45) is 0.630. The summed E-state index contributed by atoms with van der Waals surface area (Å²) in [6, 6.07) is 23.6. The van der Waals surface area contributed by atoms with Crippen LogP contribution in [0.4, 0.5) is 0 Å². The van der Waals surface area contributed by atoms with Crippen molar-refractivity contribution in [1.29, 1.82) is 0 Å². The van der Waals surface area contributed by atoms with Gasteiger partial charge in [-0.25, -0.2) is 0 Å². The Morgan fingerprint density at radius 2 is 1.66 bits per heavy atom. The molecule has 0 spiro atoms. The summed E-state index contributed by atoms with van der Waals surface area (Å²) in [5.74, 6) is 0.904. The molecule has 0 unspecified atom stereocenters. The van der Waals surface area contributed by atoms with Crippen molar-refractivity contribution in [3.05, 3.63) is 100 Å². The van der Waals surface area contributed by atoms with Gasteiger partial charge in [-0.2, -0.15) is 0 Å². The third kappa shape index (κ3) is 4.29. The molecule has 1 amide bonds. The van der Waals surface area contributed by atoms with Crippen LogP contribution in [0.3, 0.4) is 0 Å². The standard InChI is InChI=1S/C24H23ClN2O2/c1-29-20-12-8-18(9-13-20)16-26-23-21-4-2-3-5-22(21)24(28)27(23)15-14-17-6-10-19(25)11-7-17/h2-13,23,26H,14-16H2,1H3/t23-/m0/s1. The van der Waals surface area contributed by atoms with Crippen molar-refractivity contribution in [3.63, 3.8) is 0 Å². The van der Waals surface area contributed by atoms with Crippen molar-refractivity contribution in [2.45, 2.75) is 19.1 Å². The van der Waals surface area contributed by atoms with Gasteiger partial charge in [-0.15, -0.1) is 0 Å². The highest BCUT2D eigenvalue weighted by molar-refractivity contribution is 6.30. The molecule has 4 nitrogen and oxygen atoms in total. The Morgan fingerprint density at radius 1 is 0.966 bits per heavy atom. The third-order valence-electron chi connectivity index (χ3n) is 5.27. The van der Waals surface area contributed by atoms with E-state index in [0.717, 1.165) is 39.4 Å². The monoisotopic (exact) mass is 406 g/mol. The zero-order valence-corrected chi connectivity index (χ0v) is 17.0. The van der Waals surface area contributed by atoms with Gasteiger partial charge >= 0.3 is 0 Å². The summed E-state index contributed by atoms with van der Waals surface area (Å²) in [5, 5.41) is 4.28. The van der Waals surface area contributed by atoms with Crippen molar-refractivity contribution in [3.8, 4) is 5.75 Å². The molecule has 1 atom stereocenters. The summed E-state index contributed by atoms with van der Waals surface area (Å²) in [4.78, 5) is 14.9. The summed E-state index contributed by atoms with van der Waals surface area (Å²) in [5.41, 5.74) is 4.10. The van der Waals surface area contributed by atoms with Crippen LogP contribution in [0.15, 0.2) is 72.8 Å². The van der Waals surface area contributed by atoms with Gasteiger partial charge in [-0.3, -0.25) is 10.1 Å². The fourth-order valence-corrected chi connectivity index (χ4v) is 3.81. The first kappa shape index (κ1) is 19.5. The van der Waals surface area contributed by atoms with Crippen molar-refractivity contribution in [2.75, 3.05) is 13.7 Å². The van der Waals surface area contributed by atoms with Crippen LogP contribution < -0.4 is 10.1 Å². The minimum Gasteiger partial charge on any atom is -0.497 e. The fourth-order valence-electron chi connectivity index (χ4n) is 3.68. The lowest BCUT2D eigenvalue weighted by Gasteiger charge is -2.26. The van der Waals surface area contributed by atoms with E-state index in [9.17, 15) is 4.79 Å². The van der Waals surface area contributed by atoms with Crippen LogP contribution in [0.25, 0.3) is 0 Å². The lowest BCUT2D eigenvalue weighted by atomic mass is 10.1. The average Bonchev–Trinajstić information content (AvgIpc) is 3.03. The number of amides is 1. The van der Waals surface area contributed by atoms with E-state index in [2.05, 4.69) is 5.32 Å². The number of carbonyl (C=O) groups excluding carboxylic acids is 1. The Bertz CT molecular complexity index is 987. The largest absolute Gasteiger partial charge is 0.497 e. The number of nitrogens with zero attached hydrogens (tertiary/aromatic N) is 1. The van der Waals surface area contributed by atoms with Crippen molar-refractivity contribution in [2.24, 2.45) is 0 Å². The Hall–Kier alpha value is -2.82. The molecule has 3 aromatic rings. The second kappa shape index (κ2) is 8.68. The van der Waals surface area contributed by atoms with E-state index >= 15 is 0 Å². The van der Waals surface area contributed by atoms with Crippen LogP contribution >= 0.6 is 11.6 Å². The van der Waals surface area contributed by atoms with Gasteiger partial charge < -0.3 is 9.64 Å². The third-order valence-corrected chi connectivity index (χ3v) is 5.52. The topological polar surface area (TPSA) is 41.6 Å². The predicted molar refractivity (Wildman–Crippen MR) is 115 cm³/mol. The van der Waals surface area contributed by atoms with E-state index < -0.39 is 0 Å². The molecular weight excluding hydrogens is 384 g/mol. The highest BCUT2D eigenvalue weighted by Crippen LogP contribution is 2.32. The zero-order valence-electron chi connectivity index (χ0n) is 16.3. The molecule has 1 aliphatic rings. The van der Waals surface area contributed by atoms with Gasteiger partial charge in [0.05, 0.1) is 7.11 Å². The molecular formula is C24H23ClN2O2. The van der Waals surface area contributed by atoms with Crippen LogP contribution in [0, 0.1) is 0 Å². The minimum absolute atomic E-state index is 0.0711. The van der Waals surface area contributed by atoms with Crippen molar-refractivity contribution >= 4 is 17.5 Å². The molecule has 0 saturated carbocycles. The molecule has 29 heavy (non-hydrogen) atoms. The number of benzene rings is 3. The van der Waals surface area contributed by atoms with Crippen LogP contribution in [-0.4, -0.2) is 24.5 Å². The highest BCUT2D eigenvalue weighted by atomic mass is 35.5. The molecule has 0 bridgehead atoms. The Morgan fingerprint density at radius 3 is 2.38 bits per heavy atom. The lowest BCUT2D eigenvalue weighted by Crippen LogP contribution is -2.37. The summed E-state index contributed by atoms with van der Waals surface area (Å²) in [6.45, 7) is 1.29. The number of halogens is 1. The Labute approximate surface area is 176 Å². The molecule has 0 saturated heterocycles. The van der Waals surface area contributed by atoms with E-state index in [0.29, 0.717) is 13.1 Å². The quantitative estimate of drug-likeness (QED) is 0.610. The highest BCUT2D eigenvalue weighted by Gasteiger charge is 2.35. The van der Waals surface area contributed by atoms with E-state index in [1.165, 1.54) is 0 Å².